The van der Waals surface area contributed by atoms with E-state index in [1.807, 2.05) is 68.4 Å². The summed E-state index contributed by atoms with van der Waals surface area (Å²) in [5.74, 6) is -2.72. The Morgan fingerprint density at radius 2 is 1.59 bits per heavy atom. The lowest BCUT2D eigenvalue weighted by atomic mass is 10.0. The summed E-state index contributed by atoms with van der Waals surface area (Å²) in [6.45, 7) is 8.06. The zero-order valence-electron chi connectivity index (χ0n) is 25.7. The number of hydrogen-bond acceptors (Lipinski definition) is 10. The lowest BCUT2D eigenvalue weighted by Crippen LogP contribution is -2.48. The Hall–Kier alpha value is -4.39. The Morgan fingerprint density at radius 3 is 2.18 bits per heavy atom. The predicted octanol–water partition coefficient (Wildman–Crippen LogP) is 2.94. The quantitative estimate of drug-likeness (QED) is 0.133. The lowest BCUT2D eigenvalue weighted by molar-refractivity contribution is -0.156. The minimum absolute atomic E-state index is 0.0142. The number of amides is 1. The molecule has 1 aromatic heterocycles. The fourth-order valence-corrected chi connectivity index (χ4v) is 4.00. The van der Waals surface area contributed by atoms with Crippen LogP contribution in [0.1, 0.15) is 61.2 Å². The molecule has 0 aliphatic carbocycles. The van der Waals surface area contributed by atoms with E-state index in [1.165, 1.54) is 18.0 Å². The third-order valence-corrected chi connectivity index (χ3v) is 6.61. The number of hydrazine groups is 1. The van der Waals surface area contributed by atoms with Crippen molar-refractivity contribution >= 4 is 23.6 Å². The van der Waals surface area contributed by atoms with Gasteiger partial charge in [0.05, 0.1) is 13.2 Å². The first-order valence-corrected chi connectivity index (χ1v) is 14.4. The highest BCUT2D eigenvalue weighted by atomic mass is 16.6. The molecule has 0 radical (unpaired) electrons. The summed E-state index contributed by atoms with van der Waals surface area (Å²) in [6, 6.07) is 17.8. The molecule has 12 heteroatoms. The third kappa shape index (κ3) is 9.83. The number of nitrogens with one attached hydrogen (secondary N) is 1. The maximum Gasteiger partial charge on any atom is 0.336 e. The van der Waals surface area contributed by atoms with Gasteiger partial charge in [0.15, 0.2) is 18.6 Å². The van der Waals surface area contributed by atoms with E-state index in [0.717, 1.165) is 21.4 Å². The molecule has 12 nitrogen and oxygen atoms in total. The number of aliphatic hydroxyl groups is 1. The number of hydrogen-bond donors (Lipinski definition) is 3. The lowest BCUT2D eigenvalue weighted by Gasteiger charge is -2.25. The number of carbonyl (C=O) groups is 4. The zero-order chi connectivity index (χ0) is 32.4. The van der Waals surface area contributed by atoms with Crippen LogP contribution in [0.25, 0.3) is 11.1 Å². The number of aromatic nitrogens is 2. The fraction of sp³-hybridized carbons (Fsp3) is 0.406. The van der Waals surface area contributed by atoms with Gasteiger partial charge in [0.2, 0.25) is 0 Å². The summed E-state index contributed by atoms with van der Waals surface area (Å²) < 4.78 is 11.5. The molecule has 2 aromatic carbocycles. The summed E-state index contributed by atoms with van der Waals surface area (Å²) in [4.78, 5) is 50.3. The number of ether oxygens (including phenoxy) is 2. The van der Waals surface area contributed by atoms with Crippen molar-refractivity contribution in [2.45, 2.75) is 60.0 Å². The largest absolute Gasteiger partial charge is 0.463 e. The Kier molecular flexibility index (Phi) is 12.3. The fourth-order valence-electron chi connectivity index (χ4n) is 4.00. The van der Waals surface area contributed by atoms with Crippen LogP contribution < -0.4 is 11.2 Å². The highest BCUT2D eigenvalue weighted by Gasteiger charge is 2.26. The van der Waals surface area contributed by atoms with Gasteiger partial charge in [-0.25, -0.2) is 14.5 Å². The summed E-state index contributed by atoms with van der Waals surface area (Å²) in [6.07, 6.45) is -1.56. The van der Waals surface area contributed by atoms with Gasteiger partial charge in [0.1, 0.15) is 17.4 Å². The number of rotatable bonds is 15. The monoisotopic (exact) mass is 607 g/mol. The average molecular weight is 608 g/mol. The van der Waals surface area contributed by atoms with Crippen LogP contribution in [0.4, 0.5) is 0 Å². The smallest absolute Gasteiger partial charge is 0.336 e. The van der Waals surface area contributed by atoms with E-state index in [-0.39, 0.29) is 42.9 Å². The minimum atomic E-state index is -1.56. The van der Waals surface area contributed by atoms with Crippen LogP contribution in [0.5, 0.6) is 0 Å². The van der Waals surface area contributed by atoms with Gasteiger partial charge in [-0.3, -0.25) is 19.8 Å². The average Bonchev–Trinajstić information content (AvgIpc) is 3.44. The van der Waals surface area contributed by atoms with Crippen LogP contribution in [0.3, 0.4) is 0 Å². The van der Waals surface area contributed by atoms with Crippen molar-refractivity contribution in [1.29, 1.82) is 0 Å². The highest BCUT2D eigenvalue weighted by molar-refractivity contribution is 5.97. The van der Waals surface area contributed by atoms with Crippen LogP contribution in [0, 0.1) is 11.8 Å². The van der Waals surface area contributed by atoms with Crippen molar-refractivity contribution in [2.75, 3.05) is 13.2 Å². The molecule has 1 unspecified atom stereocenters. The molecule has 2 atom stereocenters. The van der Waals surface area contributed by atoms with Gasteiger partial charge < -0.3 is 20.3 Å². The Morgan fingerprint density at radius 1 is 0.955 bits per heavy atom. The SMILES string of the molecule is CC(=O)c1cc(C(=O)NN(Cc2ccc(-c3ccccc3)cc2)C[C@@H](O)C(=O)OCC(C)C)n(COC(=O)C(N)C(C)C)n1. The molecular weight excluding hydrogens is 566 g/mol. The van der Waals surface area contributed by atoms with Gasteiger partial charge in [-0.1, -0.05) is 82.3 Å². The van der Waals surface area contributed by atoms with Crippen molar-refractivity contribution in [3.05, 3.63) is 77.6 Å². The van der Waals surface area contributed by atoms with Crippen molar-refractivity contribution in [2.24, 2.45) is 17.6 Å². The van der Waals surface area contributed by atoms with Crippen molar-refractivity contribution in [3.8, 4) is 11.1 Å². The van der Waals surface area contributed by atoms with E-state index in [4.69, 9.17) is 15.2 Å². The van der Waals surface area contributed by atoms with Gasteiger partial charge in [-0.2, -0.15) is 5.10 Å². The molecule has 0 aliphatic heterocycles. The molecule has 0 saturated heterocycles. The molecule has 0 spiro atoms. The van der Waals surface area contributed by atoms with Crippen molar-refractivity contribution in [3.63, 3.8) is 0 Å². The molecule has 0 aliphatic rings. The van der Waals surface area contributed by atoms with Gasteiger partial charge in [-0.15, -0.1) is 0 Å². The summed E-state index contributed by atoms with van der Waals surface area (Å²) in [5, 5.41) is 16.1. The molecular formula is C32H41N5O7. The van der Waals surface area contributed by atoms with Crippen molar-refractivity contribution < 1.29 is 33.8 Å². The Balaban J connectivity index is 1.83. The highest BCUT2D eigenvalue weighted by Crippen LogP contribution is 2.20. The molecule has 44 heavy (non-hydrogen) atoms. The molecule has 1 heterocycles. The maximum absolute atomic E-state index is 13.5. The first-order chi connectivity index (χ1) is 20.8. The predicted molar refractivity (Wildman–Crippen MR) is 163 cm³/mol. The second-order valence-electron chi connectivity index (χ2n) is 11.3. The van der Waals surface area contributed by atoms with Gasteiger partial charge in [-0.05, 0) is 28.5 Å². The Labute approximate surface area is 257 Å². The molecule has 3 rings (SSSR count). The molecule has 1 amide bonds. The number of Topliss-reactive ketones (excluding diaryl/α,β-unsaturated/α-hetero) is 1. The molecule has 0 saturated carbocycles. The van der Waals surface area contributed by atoms with E-state index in [1.54, 1.807) is 13.8 Å². The van der Waals surface area contributed by atoms with E-state index in [2.05, 4.69) is 10.5 Å². The molecule has 4 N–H and O–H groups in total. The van der Waals surface area contributed by atoms with Gasteiger partial charge in [0.25, 0.3) is 5.91 Å². The number of aliphatic hydroxyl groups excluding tert-OH is 1. The second kappa shape index (κ2) is 15.9. The van der Waals surface area contributed by atoms with Crippen LogP contribution in [-0.2, 0) is 32.3 Å². The first-order valence-electron chi connectivity index (χ1n) is 14.4. The minimum Gasteiger partial charge on any atom is -0.463 e. The normalized spacial score (nSPS) is 12.7. The molecule has 0 fully saturated rings. The van der Waals surface area contributed by atoms with E-state index in [0.29, 0.717) is 0 Å². The van der Waals surface area contributed by atoms with Gasteiger partial charge >= 0.3 is 11.9 Å². The van der Waals surface area contributed by atoms with Crippen molar-refractivity contribution in [1.82, 2.24) is 20.2 Å². The van der Waals surface area contributed by atoms with E-state index < -0.39 is 42.5 Å². The summed E-state index contributed by atoms with van der Waals surface area (Å²) in [5.41, 5.74) is 11.3. The summed E-state index contributed by atoms with van der Waals surface area (Å²) >= 11 is 0. The van der Waals surface area contributed by atoms with Crippen LogP contribution in [0.15, 0.2) is 60.7 Å². The second-order valence-corrected chi connectivity index (χ2v) is 11.3. The molecule has 0 bridgehead atoms. The number of nitrogens with zero attached hydrogens (tertiary/aromatic N) is 3. The molecule has 3 aromatic rings. The van der Waals surface area contributed by atoms with Crippen LogP contribution >= 0.6 is 0 Å². The number of benzene rings is 2. The number of carbonyl (C=O) groups excluding carboxylic acids is 4. The van der Waals surface area contributed by atoms with E-state index >= 15 is 0 Å². The first kappa shape index (κ1) is 34.1. The van der Waals surface area contributed by atoms with E-state index in [9.17, 15) is 24.3 Å². The number of nitrogens with two attached hydrogens (primary N) is 1. The third-order valence-electron chi connectivity index (χ3n) is 6.61. The Bertz CT molecular complexity index is 1420. The summed E-state index contributed by atoms with van der Waals surface area (Å²) in [7, 11) is 0. The van der Waals surface area contributed by atoms with Crippen LogP contribution in [0.2, 0.25) is 0 Å². The zero-order valence-corrected chi connectivity index (χ0v) is 25.7. The number of ketones is 1. The van der Waals surface area contributed by atoms with Crippen LogP contribution in [-0.4, -0.2) is 68.8 Å². The van der Waals surface area contributed by atoms with Gasteiger partial charge in [0, 0.05) is 19.5 Å². The topological polar surface area (TPSA) is 166 Å². The number of esters is 2. The standard InChI is InChI=1S/C32H41N5O7/c1-20(2)18-43-31(41)28(39)17-36(16-23-11-13-25(14-12-23)24-9-7-6-8-10-24)35-30(40)27-15-26(22(5)38)34-37(27)19-44-32(42)29(33)21(3)4/h6-15,20-21,28-29,39H,16-19,33H2,1-5H3,(H,35,40)/t28-,29?/m1/s1. The maximum atomic E-state index is 13.5. The molecule has 236 valence electrons.